The minimum absolute atomic E-state index is 0.391. The van der Waals surface area contributed by atoms with Crippen LogP contribution in [0, 0.1) is 0 Å². The Hall–Kier alpha value is -1.79. The van der Waals surface area contributed by atoms with Crippen molar-refractivity contribution in [3.8, 4) is 11.5 Å². The molecule has 0 bridgehead atoms. The summed E-state index contributed by atoms with van der Waals surface area (Å²) in [5.41, 5.74) is 0.859. The van der Waals surface area contributed by atoms with Crippen LogP contribution in [-0.2, 0) is 16.0 Å². The van der Waals surface area contributed by atoms with Gasteiger partial charge in [-0.3, -0.25) is 9.69 Å². The number of methoxy groups -OCH3 is 2. The van der Waals surface area contributed by atoms with Gasteiger partial charge in [0.2, 0.25) is 0 Å². The number of hydrogen-bond acceptors (Lipinski definition) is 5. The summed E-state index contributed by atoms with van der Waals surface area (Å²) in [6, 6.07) is 4.87. The van der Waals surface area contributed by atoms with Crippen LogP contribution in [0.5, 0.6) is 11.5 Å². The molecule has 1 heterocycles. The van der Waals surface area contributed by atoms with E-state index in [2.05, 4.69) is 0 Å². The number of benzene rings is 1. The summed E-state index contributed by atoms with van der Waals surface area (Å²) < 4.78 is 15.8. The van der Waals surface area contributed by atoms with E-state index in [1.54, 1.807) is 20.3 Å². The van der Waals surface area contributed by atoms with Crippen LogP contribution in [0.15, 0.2) is 18.2 Å². The lowest BCUT2D eigenvalue weighted by molar-refractivity contribution is -0.145. The molecule has 6 heteroatoms. The molecule has 1 N–H and O–H groups in total. The number of morpholine rings is 1. The second kappa shape index (κ2) is 7.28. The summed E-state index contributed by atoms with van der Waals surface area (Å²) in [5, 5.41) is 9.50. The lowest BCUT2D eigenvalue weighted by Gasteiger charge is -2.32. The van der Waals surface area contributed by atoms with Crippen LogP contribution in [-0.4, -0.2) is 62.5 Å². The number of rotatable bonds is 6. The Morgan fingerprint density at radius 1 is 1.33 bits per heavy atom. The first-order valence-corrected chi connectivity index (χ1v) is 6.91. The molecule has 0 aliphatic carbocycles. The van der Waals surface area contributed by atoms with E-state index in [0.717, 1.165) is 5.56 Å². The van der Waals surface area contributed by atoms with Crippen molar-refractivity contribution in [3.63, 3.8) is 0 Å². The SMILES string of the molecule is COc1ccc(C[C@@H](C(=O)O)N2CCOCC2)c(OC)c1. The van der Waals surface area contributed by atoms with Crippen LogP contribution in [0.2, 0.25) is 0 Å². The van der Waals surface area contributed by atoms with Crippen LogP contribution in [0.4, 0.5) is 0 Å². The van der Waals surface area contributed by atoms with Crippen LogP contribution < -0.4 is 9.47 Å². The first kappa shape index (κ1) is 15.6. The quantitative estimate of drug-likeness (QED) is 0.845. The smallest absolute Gasteiger partial charge is 0.321 e. The van der Waals surface area contributed by atoms with Crippen molar-refractivity contribution in [1.29, 1.82) is 0 Å². The van der Waals surface area contributed by atoms with E-state index in [-0.39, 0.29) is 0 Å². The standard InChI is InChI=1S/C15H21NO5/c1-19-12-4-3-11(14(10-12)20-2)9-13(15(17)18)16-5-7-21-8-6-16/h3-4,10,13H,5-9H2,1-2H3,(H,17,18)/t13-/m0/s1. The number of carboxylic acid groups (broad SMARTS) is 1. The summed E-state index contributed by atoms with van der Waals surface area (Å²) in [7, 11) is 3.16. The molecule has 0 spiro atoms. The molecule has 0 saturated carbocycles. The number of nitrogens with zero attached hydrogens (tertiary/aromatic N) is 1. The summed E-state index contributed by atoms with van der Waals surface area (Å²) in [4.78, 5) is 13.5. The first-order valence-electron chi connectivity index (χ1n) is 6.91. The Balaban J connectivity index is 2.18. The third kappa shape index (κ3) is 3.86. The van der Waals surface area contributed by atoms with Gasteiger partial charge in [0.05, 0.1) is 27.4 Å². The maximum atomic E-state index is 11.6. The second-order valence-electron chi connectivity index (χ2n) is 4.88. The average molecular weight is 295 g/mol. The van der Waals surface area contributed by atoms with Crippen molar-refractivity contribution in [2.75, 3.05) is 40.5 Å². The fourth-order valence-electron chi connectivity index (χ4n) is 2.49. The van der Waals surface area contributed by atoms with Gasteiger partial charge >= 0.3 is 5.97 Å². The molecule has 21 heavy (non-hydrogen) atoms. The molecule has 6 nitrogen and oxygen atoms in total. The highest BCUT2D eigenvalue weighted by atomic mass is 16.5. The Kier molecular flexibility index (Phi) is 5.41. The second-order valence-corrected chi connectivity index (χ2v) is 4.88. The fourth-order valence-corrected chi connectivity index (χ4v) is 2.49. The molecule has 1 aromatic rings. The molecule has 1 aromatic carbocycles. The van der Waals surface area contributed by atoms with Gasteiger partial charge in [0.1, 0.15) is 17.5 Å². The van der Waals surface area contributed by atoms with E-state index in [1.807, 2.05) is 17.0 Å². The lowest BCUT2D eigenvalue weighted by atomic mass is 10.0. The number of carbonyl (C=O) groups is 1. The van der Waals surface area contributed by atoms with Crippen LogP contribution in [0.25, 0.3) is 0 Å². The van der Waals surface area contributed by atoms with Crippen molar-refractivity contribution < 1.29 is 24.1 Å². The average Bonchev–Trinajstić information content (AvgIpc) is 2.53. The minimum Gasteiger partial charge on any atom is -0.497 e. The largest absolute Gasteiger partial charge is 0.497 e. The minimum atomic E-state index is -0.824. The molecule has 2 rings (SSSR count). The summed E-state index contributed by atoms with van der Waals surface area (Å²) in [6.07, 6.45) is 0.391. The molecule has 1 fully saturated rings. The van der Waals surface area contributed by atoms with Crippen LogP contribution >= 0.6 is 0 Å². The van der Waals surface area contributed by atoms with Crippen molar-refractivity contribution >= 4 is 5.97 Å². The molecule has 116 valence electrons. The van der Waals surface area contributed by atoms with Crippen molar-refractivity contribution in [3.05, 3.63) is 23.8 Å². The molecule has 1 aliphatic rings. The van der Waals surface area contributed by atoms with E-state index < -0.39 is 12.0 Å². The molecule has 0 aromatic heterocycles. The summed E-state index contributed by atoms with van der Waals surface area (Å²) in [6.45, 7) is 2.41. The third-order valence-electron chi connectivity index (χ3n) is 3.68. The third-order valence-corrected chi connectivity index (χ3v) is 3.68. The molecule has 0 amide bonds. The highest BCUT2D eigenvalue weighted by Crippen LogP contribution is 2.26. The maximum absolute atomic E-state index is 11.6. The highest BCUT2D eigenvalue weighted by Gasteiger charge is 2.28. The Bertz CT molecular complexity index is 485. The summed E-state index contributed by atoms with van der Waals surface area (Å²) in [5.74, 6) is 0.512. The van der Waals surface area contributed by atoms with Gasteiger partial charge < -0.3 is 19.3 Å². The Labute approximate surface area is 124 Å². The van der Waals surface area contributed by atoms with Gasteiger partial charge in [0.15, 0.2) is 0 Å². The van der Waals surface area contributed by atoms with Crippen LogP contribution in [0.1, 0.15) is 5.56 Å². The Morgan fingerprint density at radius 3 is 2.62 bits per heavy atom. The fraction of sp³-hybridized carbons (Fsp3) is 0.533. The van der Waals surface area contributed by atoms with Crippen molar-refractivity contribution in [2.45, 2.75) is 12.5 Å². The van der Waals surface area contributed by atoms with Gasteiger partial charge in [-0.05, 0) is 11.6 Å². The van der Waals surface area contributed by atoms with Gasteiger partial charge in [0.25, 0.3) is 0 Å². The molecule has 1 atom stereocenters. The monoisotopic (exact) mass is 295 g/mol. The zero-order chi connectivity index (χ0) is 15.2. The summed E-state index contributed by atoms with van der Waals surface area (Å²) >= 11 is 0. The van der Waals surface area contributed by atoms with E-state index in [9.17, 15) is 9.90 Å². The van der Waals surface area contributed by atoms with Gasteiger partial charge in [0, 0.05) is 25.6 Å². The molecule has 1 saturated heterocycles. The zero-order valence-corrected chi connectivity index (χ0v) is 12.4. The van der Waals surface area contributed by atoms with Gasteiger partial charge in [-0.15, -0.1) is 0 Å². The number of carboxylic acids is 1. The number of hydrogen-bond donors (Lipinski definition) is 1. The van der Waals surface area contributed by atoms with E-state index >= 15 is 0 Å². The molecule has 1 aliphatic heterocycles. The number of aliphatic carboxylic acids is 1. The molecular weight excluding hydrogens is 274 g/mol. The van der Waals surface area contributed by atoms with Crippen LogP contribution in [0.3, 0.4) is 0 Å². The van der Waals surface area contributed by atoms with Gasteiger partial charge in [-0.2, -0.15) is 0 Å². The maximum Gasteiger partial charge on any atom is 0.321 e. The Morgan fingerprint density at radius 2 is 2.05 bits per heavy atom. The molecule has 0 radical (unpaired) electrons. The van der Waals surface area contributed by atoms with Crippen molar-refractivity contribution in [1.82, 2.24) is 4.90 Å². The number of ether oxygens (including phenoxy) is 3. The van der Waals surface area contributed by atoms with Gasteiger partial charge in [-0.25, -0.2) is 0 Å². The molecule has 0 unspecified atom stereocenters. The first-order chi connectivity index (χ1) is 10.2. The van der Waals surface area contributed by atoms with E-state index in [0.29, 0.717) is 44.2 Å². The van der Waals surface area contributed by atoms with Gasteiger partial charge in [-0.1, -0.05) is 6.07 Å². The molecular formula is C15H21NO5. The van der Waals surface area contributed by atoms with E-state index in [1.165, 1.54) is 0 Å². The zero-order valence-electron chi connectivity index (χ0n) is 12.4. The normalized spacial score (nSPS) is 17.2. The predicted molar refractivity (Wildman–Crippen MR) is 77.1 cm³/mol. The van der Waals surface area contributed by atoms with E-state index in [4.69, 9.17) is 14.2 Å². The topological polar surface area (TPSA) is 68.2 Å². The lowest BCUT2D eigenvalue weighted by Crippen LogP contribution is -2.48. The predicted octanol–water partition coefficient (Wildman–Crippen LogP) is 1.03. The highest BCUT2D eigenvalue weighted by molar-refractivity contribution is 5.74. The van der Waals surface area contributed by atoms with Crippen molar-refractivity contribution in [2.24, 2.45) is 0 Å².